The van der Waals surface area contributed by atoms with Crippen molar-refractivity contribution in [3.63, 3.8) is 0 Å². The van der Waals surface area contributed by atoms with Gasteiger partial charge < -0.3 is 14.2 Å². The highest BCUT2D eigenvalue weighted by molar-refractivity contribution is 5.68. The molecular formula is C16H28O4. The molecule has 20 heavy (non-hydrogen) atoms. The summed E-state index contributed by atoms with van der Waals surface area (Å²) in [5.41, 5.74) is -0.00786. The molecule has 0 spiro atoms. The molecule has 0 radical (unpaired) electrons. The maximum Gasteiger partial charge on any atom is 0.305 e. The third-order valence-corrected chi connectivity index (χ3v) is 3.33. The smallest absolute Gasteiger partial charge is 0.305 e. The Kier molecular flexibility index (Phi) is 7.85. The van der Waals surface area contributed by atoms with Crippen LogP contribution in [0, 0.1) is 5.41 Å². The van der Waals surface area contributed by atoms with Gasteiger partial charge in [-0.1, -0.05) is 26.0 Å². The number of allylic oxidation sites excluding steroid dienone is 1. The summed E-state index contributed by atoms with van der Waals surface area (Å²) in [6.45, 7) is 5.76. The third kappa shape index (κ3) is 7.65. The normalized spacial score (nSPS) is 20.2. The van der Waals surface area contributed by atoms with Crippen LogP contribution in [0.25, 0.3) is 0 Å². The Morgan fingerprint density at radius 2 is 2.20 bits per heavy atom. The van der Waals surface area contributed by atoms with Crippen LogP contribution in [0.3, 0.4) is 0 Å². The van der Waals surface area contributed by atoms with Crippen LogP contribution < -0.4 is 0 Å². The first kappa shape index (κ1) is 17.2. The Labute approximate surface area is 122 Å². The van der Waals surface area contributed by atoms with Crippen molar-refractivity contribution in [2.24, 2.45) is 5.41 Å². The Balaban J connectivity index is 2.17. The van der Waals surface area contributed by atoms with Crippen LogP contribution in [0.2, 0.25) is 0 Å². The summed E-state index contributed by atoms with van der Waals surface area (Å²) in [4.78, 5) is 11.0. The van der Waals surface area contributed by atoms with Crippen LogP contribution in [0.4, 0.5) is 0 Å². The van der Waals surface area contributed by atoms with E-state index >= 15 is 0 Å². The fourth-order valence-corrected chi connectivity index (χ4v) is 2.07. The summed E-state index contributed by atoms with van der Waals surface area (Å²) in [6.07, 6.45) is 9.77. The summed E-state index contributed by atoms with van der Waals surface area (Å²) < 4.78 is 16.0. The standard InChI is InChI=1S/C16H28O4/c1-16(2,11-7-4-5-9-14(17)18-3)13-20-15-10-6-8-12-19-15/h7,11,15H,4-6,8-10,12-13H2,1-3H3. The van der Waals surface area contributed by atoms with E-state index in [9.17, 15) is 4.79 Å². The summed E-state index contributed by atoms with van der Waals surface area (Å²) in [5, 5.41) is 0. The molecular weight excluding hydrogens is 256 g/mol. The zero-order valence-electron chi connectivity index (χ0n) is 13.0. The van der Waals surface area contributed by atoms with E-state index in [2.05, 4.69) is 30.7 Å². The first-order valence-electron chi connectivity index (χ1n) is 7.51. The van der Waals surface area contributed by atoms with Crippen LogP contribution in [0.15, 0.2) is 12.2 Å². The van der Waals surface area contributed by atoms with Gasteiger partial charge in [-0.05, 0) is 32.1 Å². The molecule has 0 aromatic rings. The van der Waals surface area contributed by atoms with Gasteiger partial charge >= 0.3 is 5.97 Å². The highest BCUT2D eigenvalue weighted by Crippen LogP contribution is 2.22. The van der Waals surface area contributed by atoms with E-state index in [0.29, 0.717) is 13.0 Å². The Hall–Kier alpha value is -0.870. The SMILES string of the molecule is COC(=O)CCCC=CC(C)(C)COC1CCCCO1. The highest BCUT2D eigenvalue weighted by atomic mass is 16.7. The molecule has 116 valence electrons. The third-order valence-electron chi connectivity index (χ3n) is 3.33. The fourth-order valence-electron chi connectivity index (χ4n) is 2.07. The van der Waals surface area contributed by atoms with Crippen molar-refractivity contribution >= 4 is 5.97 Å². The zero-order valence-corrected chi connectivity index (χ0v) is 13.0. The molecule has 1 heterocycles. The van der Waals surface area contributed by atoms with Crippen LogP contribution >= 0.6 is 0 Å². The van der Waals surface area contributed by atoms with Crippen molar-refractivity contribution in [2.45, 2.75) is 58.7 Å². The number of hydrogen-bond acceptors (Lipinski definition) is 4. The number of carbonyl (C=O) groups is 1. The van der Waals surface area contributed by atoms with Crippen molar-refractivity contribution in [1.29, 1.82) is 0 Å². The van der Waals surface area contributed by atoms with Crippen LogP contribution in [-0.2, 0) is 19.0 Å². The molecule has 0 N–H and O–H groups in total. The quantitative estimate of drug-likeness (QED) is 0.389. The molecule has 0 aromatic carbocycles. The maximum atomic E-state index is 11.0. The molecule has 0 amide bonds. The van der Waals surface area contributed by atoms with Crippen molar-refractivity contribution in [3.8, 4) is 0 Å². The minimum Gasteiger partial charge on any atom is -0.469 e. The number of rotatable bonds is 8. The van der Waals surface area contributed by atoms with Gasteiger partial charge in [0, 0.05) is 18.4 Å². The molecule has 1 saturated heterocycles. The summed E-state index contributed by atoms with van der Waals surface area (Å²) in [7, 11) is 1.42. The second kappa shape index (κ2) is 9.14. The fraction of sp³-hybridized carbons (Fsp3) is 0.812. The Morgan fingerprint density at radius 3 is 2.85 bits per heavy atom. The molecule has 4 heteroatoms. The lowest BCUT2D eigenvalue weighted by Crippen LogP contribution is -2.27. The number of unbranched alkanes of at least 4 members (excludes halogenated alkanes) is 1. The van der Waals surface area contributed by atoms with E-state index < -0.39 is 0 Å². The van der Waals surface area contributed by atoms with Gasteiger partial charge in [0.1, 0.15) is 0 Å². The largest absolute Gasteiger partial charge is 0.469 e. The summed E-state index contributed by atoms with van der Waals surface area (Å²) >= 11 is 0. The maximum absolute atomic E-state index is 11.0. The molecule has 1 rings (SSSR count). The van der Waals surface area contributed by atoms with Crippen molar-refractivity contribution in [1.82, 2.24) is 0 Å². The van der Waals surface area contributed by atoms with Crippen LogP contribution in [-0.4, -0.2) is 32.6 Å². The summed E-state index contributed by atoms with van der Waals surface area (Å²) in [5.74, 6) is -0.143. The molecule has 4 nitrogen and oxygen atoms in total. The summed E-state index contributed by atoms with van der Waals surface area (Å²) in [6, 6.07) is 0. The van der Waals surface area contributed by atoms with Gasteiger partial charge in [0.05, 0.1) is 13.7 Å². The Bertz CT molecular complexity index is 304. The van der Waals surface area contributed by atoms with E-state index in [4.69, 9.17) is 9.47 Å². The van der Waals surface area contributed by atoms with Gasteiger partial charge in [-0.15, -0.1) is 0 Å². The molecule has 1 aliphatic heterocycles. The zero-order chi connectivity index (χ0) is 14.8. The lowest BCUT2D eigenvalue weighted by Gasteiger charge is -2.27. The van der Waals surface area contributed by atoms with Gasteiger partial charge in [0.25, 0.3) is 0 Å². The van der Waals surface area contributed by atoms with E-state index in [0.717, 1.165) is 32.3 Å². The van der Waals surface area contributed by atoms with Crippen LogP contribution in [0.5, 0.6) is 0 Å². The van der Waals surface area contributed by atoms with E-state index in [1.54, 1.807) is 0 Å². The molecule has 0 aliphatic carbocycles. The van der Waals surface area contributed by atoms with Crippen molar-refractivity contribution in [2.75, 3.05) is 20.3 Å². The van der Waals surface area contributed by atoms with Gasteiger partial charge in [-0.25, -0.2) is 0 Å². The van der Waals surface area contributed by atoms with Crippen LogP contribution in [0.1, 0.15) is 52.4 Å². The minimum atomic E-state index is -0.143. The van der Waals surface area contributed by atoms with E-state index in [1.165, 1.54) is 13.5 Å². The average Bonchev–Trinajstić information content (AvgIpc) is 2.45. The average molecular weight is 284 g/mol. The monoisotopic (exact) mass is 284 g/mol. The van der Waals surface area contributed by atoms with Crippen molar-refractivity contribution < 1.29 is 19.0 Å². The van der Waals surface area contributed by atoms with Gasteiger partial charge in [-0.2, -0.15) is 0 Å². The second-order valence-electron chi connectivity index (χ2n) is 5.97. The predicted molar refractivity (Wildman–Crippen MR) is 78.3 cm³/mol. The molecule has 0 bridgehead atoms. The van der Waals surface area contributed by atoms with Gasteiger partial charge in [0.2, 0.25) is 0 Å². The number of carbonyl (C=O) groups excluding carboxylic acids is 1. The number of ether oxygens (including phenoxy) is 3. The lowest BCUT2D eigenvalue weighted by molar-refractivity contribution is -0.172. The first-order valence-corrected chi connectivity index (χ1v) is 7.51. The minimum absolute atomic E-state index is 0.00786. The first-order chi connectivity index (χ1) is 9.53. The number of methoxy groups -OCH3 is 1. The molecule has 1 fully saturated rings. The number of hydrogen-bond donors (Lipinski definition) is 0. The van der Waals surface area contributed by atoms with E-state index in [-0.39, 0.29) is 17.7 Å². The molecule has 1 aliphatic rings. The molecule has 1 unspecified atom stereocenters. The topological polar surface area (TPSA) is 44.8 Å². The Morgan fingerprint density at radius 1 is 1.40 bits per heavy atom. The number of esters is 1. The van der Waals surface area contributed by atoms with Gasteiger partial charge in [-0.3, -0.25) is 4.79 Å². The lowest BCUT2D eigenvalue weighted by atomic mass is 9.93. The van der Waals surface area contributed by atoms with Crippen molar-refractivity contribution in [3.05, 3.63) is 12.2 Å². The molecule has 0 aromatic heterocycles. The molecule has 1 atom stereocenters. The second-order valence-corrected chi connectivity index (χ2v) is 5.97. The molecule has 0 saturated carbocycles. The van der Waals surface area contributed by atoms with Gasteiger partial charge in [0.15, 0.2) is 6.29 Å². The highest BCUT2D eigenvalue weighted by Gasteiger charge is 2.19. The predicted octanol–water partition coefficient (Wildman–Crippen LogP) is 3.46. The van der Waals surface area contributed by atoms with E-state index in [1.807, 2.05) is 0 Å².